The maximum atomic E-state index is 13.0. The molecule has 2 atom stereocenters. The highest BCUT2D eigenvalue weighted by Crippen LogP contribution is 2.32. The molecule has 31 heavy (non-hydrogen) atoms. The molecule has 8 nitrogen and oxygen atoms in total. The standard InChI is InChI=1S/C23H33N3O5/c1-5-15(4)24-22(28)20(16-8-10-26(11-9-16)23(29)14(2)3)25-21(27)17-6-7-18-19(12-17)31-13-30-18/h6-7,12,14-16,20H,5,8-11,13H2,1-4H3,(H,24,28)(H,25,27). The summed E-state index contributed by atoms with van der Waals surface area (Å²) in [5.74, 6) is 0.646. The summed E-state index contributed by atoms with van der Waals surface area (Å²) >= 11 is 0. The lowest BCUT2D eigenvalue weighted by atomic mass is 9.88. The number of rotatable bonds is 7. The van der Waals surface area contributed by atoms with Crippen LogP contribution in [0.3, 0.4) is 0 Å². The smallest absolute Gasteiger partial charge is 0.252 e. The average molecular weight is 432 g/mol. The topological polar surface area (TPSA) is 97.0 Å². The third-order valence-corrected chi connectivity index (χ3v) is 6.02. The fourth-order valence-corrected chi connectivity index (χ4v) is 3.91. The molecule has 0 saturated carbocycles. The van der Waals surface area contributed by atoms with Crippen LogP contribution in [-0.4, -0.2) is 54.6 Å². The van der Waals surface area contributed by atoms with Crippen LogP contribution in [0.15, 0.2) is 18.2 Å². The van der Waals surface area contributed by atoms with Crippen molar-refractivity contribution in [1.29, 1.82) is 0 Å². The normalized spacial score (nSPS) is 17.9. The van der Waals surface area contributed by atoms with Gasteiger partial charge < -0.3 is 25.0 Å². The highest BCUT2D eigenvalue weighted by atomic mass is 16.7. The van der Waals surface area contributed by atoms with Crippen molar-refractivity contribution in [2.45, 2.75) is 59.0 Å². The van der Waals surface area contributed by atoms with Crippen LogP contribution >= 0.6 is 0 Å². The van der Waals surface area contributed by atoms with Gasteiger partial charge in [0.15, 0.2) is 11.5 Å². The fourth-order valence-electron chi connectivity index (χ4n) is 3.91. The van der Waals surface area contributed by atoms with E-state index in [1.807, 2.05) is 32.6 Å². The number of fused-ring (bicyclic) bond motifs is 1. The van der Waals surface area contributed by atoms with Crippen molar-refractivity contribution in [3.8, 4) is 11.5 Å². The lowest BCUT2D eigenvalue weighted by molar-refractivity contribution is -0.136. The Kier molecular flexibility index (Phi) is 7.41. The molecule has 170 valence electrons. The molecule has 2 unspecified atom stereocenters. The number of hydrogen-bond acceptors (Lipinski definition) is 5. The lowest BCUT2D eigenvalue weighted by Gasteiger charge is -2.36. The molecule has 1 saturated heterocycles. The van der Waals surface area contributed by atoms with E-state index in [0.717, 1.165) is 6.42 Å². The molecule has 1 aromatic carbocycles. The van der Waals surface area contributed by atoms with E-state index in [1.54, 1.807) is 18.2 Å². The first-order valence-corrected chi connectivity index (χ1v) is 11.1. The summed E-state index contributed by atoms with van der Waals surface area (Å²) in [4.78, 5) is 40.2. The average Bonchev–Trinajstić information content (AvgIpc) is 3.24. The molecule has 2 aliphatic rings. The van der Waals surface area contributed by atoms with Gasteiger partial charge in [-0.25, -0.2) is 0 Å². The predicted molar refractivity (Wildman–Crippen MR) is 116 cm³/mol. The highest BCUT2D eigenvalue weighted by Gasteiger charge is 2.35. The summed E-state index contributed by atoms with van der Waals surface area (Å²) in [6.07, 6.45) is 2.13. The Balaban J connectivity index is 1.71. The quantitative estimate of drug-likeness (QED) is 0.691. The van der Waals surface area contributed by atoms with Gasteiger partial charge in [0.2, 0.25) is 18.6 Å². The number of carbonyl (C=O) groups excluding carboxylic acids is 3. The van der Waals surface area contributed by atoms with Crippen molar-refractivity contribution in [1.82, 2.24) is 15.5 Å². The predicted octanol–water partition coefficient (Wildman–Crippen LogP) is 2.32. The minimum Gasteiger partial charge on any atom is -0.454 e. The molecule has 0 aromatic heterocycles. The molecular weight excluding hydrogens is 398 g/mol. The number of amides is 3. The van der Waals surface area contributed by atoms with Gasteiger partial charge in [-0.3, -0.25) is 14.4 Å². The molecule has 2 aliphatic heterocycles. The van der Waals surface area contributed by atoms with Crippen LogP contribution in [-0.2, 0) is 9.59 Å². The zero-order valence-corrected chi connectivity index (χ0v) is 18.8. The number of ether oxygens (including phenoxy) is 2. The fraction of sp³-hybridized carbons (Fsp3) is 0.609. The number of nitrogens with one attached hydrogen (secondary N) is 2. The van der Waals surface area contributed by atoms with Gasteiger partial charge in [-0.2, -0.15) is 0 Å². The Morgan fingerprint density at radius 1 is 1.06 bits per heavy atom. The Bertz CT molecular complexity index is 817. The second kappa shape index (κ2) is 10.0. The van der Waals surface area contributed by atoms with E-state index in [9.17, 15) is 14.4 Å². The Labute approximate surface area is 183 Å². The summed E-state index contributed by atoms with van der Waals surface area (Å²) in [5, 5.41) is 5.94. The Morgan fingerprint density at radius 2 is 1.74 bits per heavy atom. The van der Waals surface area contributed by atoms with Crippen LogP contribution in [0.25, 0.3) is 0 Å². The molecule has 8 heteroatoms. The first-order chi connectivity index (χ1) is 14.8. The summed E-state index contributed by atoms with van der Waals surface area (Å²) in [6, 6.07) is 4.34. The molecule has 0 spiro atoms. The molecule has 3 amide bonds. The van der Waals surface area contributed by atoms with Crippen LogP contribution in [0.2, 0.25) is 0 Å². The Morgan fingerprint density at radius 3 is 2.39 bits per heavy atom. The highest BCUT2D eigenvalue weighted by molar-refractivity contribution is 5.98. The monoisotopic (exact) mass is 431 g/mol. The van der Waals surface area contributed by atoms with E-state index in [-0.39, 0.29) is 42.4 Å². The molecule has 3 rings (SSSR count). The number of piperidine rings is 1. The first kappa shape index (κ1) is 22.9. The summed E-state index contributed by atoms with van der Waals surface area (Å²) in [5.41, 5.74) is 0.415. The minimum absolute atomic E-state index is 0.0139. The third-order valence-electron chi connectivity index (χ3n) is 6.02. The Hall–Kier alpha value is -2.77. The van der Waals surface area contributed by atoms with Gasteiger partial charge in [0, 0.05) is 30.6 Å². The minimum atomic E-state index is -0.664. The lowest BCUT2D eigenvalue weighted by Crippen LogP contribution is -2.55. The van der Waals surface area contributed by atoms with E-state index in [0.29, 0.717) is 43.0 Å². The van der Waals surface area contributed by atoms with E-state index >= 15 is 0 Å². The van der Waals surface area contributed by atoms with Crippen LogP contribution in [0.1, 0.15) is 57.3 Å². The van der Waals surface area contributed by atoms with Gasteiger partial charge in [-0.1, -0.05) is 20.8 Å². The zero-order chi connectivity index (χ0) is 22.5. The molecule has 2 N–H and O–H groups in total. The molecular formula is C23H33N3O5. The first-order valence-electron chi connectivity index (χ1n) is 11.1. The maximum Gasteiger partial charge on any atom is 0.252 e. The van der Waals surface area contributed by atoms with Crippen molar-refractivity contribution < 1.29 is 23.9 Å². The number of benzene rings is 1. The number of carbonyl (C=O) groups is 3. The largest absolute Gasteiger partial charge is 0.454 e. The molecule has 0 radical (unpaired) electrons. The van der Waals surface area contributed by atoms with Gasteiger partial charge >= 0.3 is 0 Å². The number of hydrogen-bond donors (Lipinski definition) is 2. The van der Waals surface area contributed by atoms with Crippen LogP contribution in [0, 0.1) is 11.8 Å². The summed E-state index contributed by atoms with van der Waals surface area (Å²) in [6.45, 7) is 9.04. The van der Waals surface area contributed by atoms with Crippen molar-refractivity contribution >= 4 is 17.7 Å². The maximum absolute atomic E-state index is 13.0. The molecule has 0 bridgehead atoms. The number of nitrogens with zero attached hydrogens (tertiary/aromatic N) is 1. The third kappa shape index (κ3) is 5.48. The van der Waals surface area contributed by atoms with Crippen molar-refractivity contribution in [2.75, 3.05) is 19.9 Å². The second-order valence-corrected chi connectivity index (χ2v) is 8.65. The van der Waals surface area contributed by atoms with Gasteiger partial charge in [0.05, 0.1) is 0 Å². The van der Waals surface area contributed by atoms with E-state index in [4.69, 9.17) is 9.47 Å². The van der Waals surface area contributed by atoms with Crippen LogP contribution in [0.5, 0.6) is 11.5 Å². The zero-order valence-electron chi connectivity index (χ0n) is 18.8. The molecule has 1 aromatic rings. The molecule has 1 fully saturated rings. The van der Waals surface area contributed by atoms with Crippen LogP contribution < -0.4 is 20.1 Å². The summed E-state index contributed by atoms with van der Waals surface area (Å²) in [7, 11) is 0. The van der Waals surface area contributed by atoms with Gasteiger partial charge in [0.1, 0.15) is 6.04 Å². The van der Waals surface area contributed by atoms with Crippen molar-refractivity contribution in [2.24, 2.45) is 11.8 Å². The number of likely N-dealkylation sites (tertiary alicyclic amines) is 1. The van der Waals surface area contributed by atoms with Gasteiger partial charge in [0.25, 0.3) is 5.91 Å². The summed E-state index contributed by atoms with van der Waals surface area (Å²) < 4.78 is 10.7. The molecule has 2 heterocycles. The van der Waals surface area contributed by atoms with E-state index in [1.165, 1.54) is 0 Å². The SMILES string of the molecule is CCC(C)NC(=O)C(NC(=O)c1ccc2c(c1)OCO2)C1CCN(C(=O)C(C)C)CC1. The van der Waals surface area contributed by atoms with E-state index < -0.39 is 6.04 Å². The van der Waals surface area contributed by atoms with Crippen molar-refractivity contribution in [3.63, 3.8) is 0 Å². The second-order valence-electron chi connectivity index (χ2n) is 8.65. The van der Waals surface area contributed by atoms with Gasteiger partial charge in [-0.15, -0.1) is 0 Å². The van der Waals surface area contributed by atoms with Gasteiger partial charge in [-0.05, 0) is 50.3 Å². The van der Waals surface area contributed by atoms with Crippen LogP contribution in [0.4, 0.5) is 0 Å². The van der Waals surface area contributed by atoms with E-state index in [2.05, 4.69) is 10.6 Å². The van der Waals surface area contributed by atoms with Crippen molar-refractivity contribution in [3.05, 3.63) is 23.8 Å². The molecule has 0 aliphatic carbocycles.